The molecule has 0 fully saturated rings. The van der Waals surface area contributed by atoms with Gasteiger partial charge in [-0.15, -0.1) is 0 Å². The summed E-state index contributed by atoms with van der Waals surface area (Å²) in [5, 5.41) is 7.59. The number of nitrogens with zero attached hydrogens (tertiary/aromatic N) is 2. The predicted molar refractivity (Wildman–Crippen MR) is 253 cm³/mol. The largest absolute Gasteiger partial charge is 0.228 e. The lowest BCUT2D eigenvalue weighted by atomic mass is 9.88. The van der Waals surface area contributed by atoms with E-state index in [1.54, 1.807) is 0 Å². The molecular formula is C58H38N2. The Morgan fingerprint density at radius 1 is 0.200 bits per heavy atom. The van der Waals surface area contributed by atoms with Gasteiger partial charge in [-0.05, 0) is 101 Å². The van der Waals surface area contributed by atoms with E-state index in [-0.39, 0.29) is 0 Å². The fourth-order valence-electron chi connectivity index (χ4n) is 8.80. The minimum absolute atomic E-state index is 0.680. The summed E-state index contributed by atoms with van der Waals surface area (Å²) in [5.41, 5.74) is 13.9. The Morgan fingerprint density at radius 2 is 0.583 bits per heavy atom. The number of benzene rings is 10. The molecular weight excluding hydrogens is 725 g/mol. The van der Waals surface area contributed by atoms with Crippen LogP contribution in [0.4, 0.5) is 0 Å². The third kappa shape index (κ3) is 6.41. The van der Waals surface area contributed by atoms with Gasteiger partial charge >= 0.3 is 0 Å². The van der Waals surface area contributed by atoms with Crippen molar-refractivity contribution < 1.29 is 0 Å². The minimum atomic E-state index is 0.680. The lowest BCUT2D eigenvalue weighted by molar-refractivity contribution is 1.18. The monoisotopic (exact) mass is 762 g/mol. The maximum Gasteiger partial charge on any atom is 0.161 e. The summed E-state index contributed by atoms with van der Waals surface area (Å²) >= 11 is 0. The van der Waals surface area contributed by atoms with Gasteiger partial charge in [-0.2, -0.15) is 0 Å². The summed E-state index contributed by atoms with van der Waals surface area (Å²) < 4.78 is 0. The van der Waals surface area contributed by atoms with Crippen LogP contribution in [0.2, 0.25) is 0 Å². The van der Waals surface area contributed by atoms with Crippen LogP contribution in [-0.4, -0.2) is 9.97 Å². The van der Waals surface area contributed by atoms with E-state index >= 15 is 0 Å². The Hall–Kier alpha value is -7.94. The quantitative estimate of drug-likeness (QED) is 0.151. The highest BCUT2D eigenvalue weighted by atomic mass is 14.9. The molecule has 0 bridgehead atoms. The predicted octanol–water partition coefficient (Wildman–Crippen LogP) is 15.6. The average molecular weight is 763 g/mol. The summed E-state index contributed by atoms with van der Waals surface area (Å²) in [7, 11) is 0. The van der Waals surface area contributed by atoms with E-state index in [0.717, 1.165) is 55.9 Å². The van der Waals surface area contributed by atoms with E-state index in [9.17, 15) is 0 Å². The molecule has 2 nitrogen and oxygen atoms in total. The molecule has 1 aromatic heterocycles. The zero-order chi connectivity index (χ0) is 39.8. The first kappa shape index (κ1) is 35.2. The molecule has 0 N–H and O–H groups in total. The van der Waals surface area contributed by atoms with Crippen LogP contribution in [0.1, 0.15) is 0 Å². The van der Waals surface area contributed by atoms with Crippen molar-refractivity contribution in [2.45, 2.75) is 0 Å². The first-order valence-corrected chi connectivity index (χ1v) is 20.5. The standard InChI is InChI=1S/C58H38N2/c1-3-17-39(18-4-1)41-21-15-23-44(35-41)56-38-57(45-24-16-22-42(36-45)40-19-5-2-6-20-40)60-58(59-56)54-32-14-13-30-51(54)47-26-8-7-25-46(47)43-33-34-53-50-29-10-9-27-48(50)49-28-11-12-31-52(49)55(53)37-43/h1-38H. The lowest BCUT2D eigenvalue weighted by Crippen LogP contribution is -1.98. The van der Waals surface area contributed by atoms with E-state index < -0.39 is 0 Å². The van der Waals surface area contributed by atoms with E-state index in [4.69, 9.17) is 9.97 Å². The number of rotatable bonds is 7. The molecule has 0 aliphatic rings. The number of aromatic nitrogens is 2. The zero-order valence-electron chi connectivity index (χ0n) is 32.8. The maximum atomic E-state index is 5.40. The Labute approximate surface area is 349 Å². The molecule has 0 saturated carbocycles. The second-order valence-electron chi connectivity index (χ2n) is 15.3. The van der Waals surface area contributed by atoms with Crippen LogP contribution < -0.4 is 0 Å². The van der Waals surface area contributed by atoms with Crippen molar-refractivity contribution in [1.29, 1.82) is 0 Å². The minimum Gasteiger partial charge on any atom is -0.228 e. The first-order chi connectivity index (χ1) is 29.7. The van der Waals surface area contributed by atoms with Gasteiger partial charge < -0.3 is 0 Å². The van der Waals surface area contributed by atoms with Crippen LogP contribution >= 0.6 is 0 Å². The van der Waals surface area contributed by atoms with Gasteiger partial charge in [0, 0.05) is 16.7 Å². The molecule has 0 spiro atoms. The van der Waals surface area contributed by atoms with Gasteiger partial charge in [0.25, 0.3) is 0 Å². The lowest BCUT2D eigenvalue weighted by Gasteiger charge is -2.17. The van der Waals surface area contributed by atoms with Gasteiger partial charge in [0.2, 0.25) is 0 Å². The van der Waals surface area contributed by atoms with Gasteiger partial charge in [-0.3, -0.25) is 0 Å². The second-order valence-corrected chi connectivity index (χ2v) is 15.3. The van der Waals surface area contributed by atoms with Crippen molar-refractivity contribution in [3.8, 4) is 78.4 Å². The van der Waals surface area contributed by atoms with Crippen LogP contribution in [0.5, 0.6) is 0 Å². The highest BCUT2D eigenvalue weighted by molar-refractivity contribution is 6.25. The first-order valence-electron chi connectivity index (χ1n) is 20.5. The Kier molecular flexibility index (Phi) is 8.87. The summed E-state index contributed by atoms with van der Waals surface area (Å²) in [5.74, 6) is 0.680. The molecule has 280 valence electrons. The second kappa shape index (κ2) is 15.1. The summed E-state index contributed by atoms with van der Waals surface area (Å²) in [6, 6.07) is 82.3. The molecule has 0 saturated heterocycles. The van der Waals surface area contributed by atoms with Crippen molar-refractivity contribution in [3.05, 3.63) is 231 Å². The van der Waals surface area contributed by atoms with E-state index in [1.807, 2.05) is 0 Å². The summed E-state index contributed by atoms with van der Waals surface area (Å²) in [6.07, 6.45) is 0. The topological polar surface area (TPSA) is 25.8 Å². The zero-order valence-corrected chi connectivity index (χ0v) is 32.8. The SMILES string of the molecule is c1ccc(-c2cccc(-c3cc(-c4cccc(-c5ccccc5)c4)nc(-c4ccccc4-c4ccccc4-c4ccc5c6ccccc6c6ccccc6c5c4)n3)c2)cc1. The van der Waals surface area contributed by atoms with E-state index in [1.165, 1.54) is 49.0 Å². The molecule has 0 radical (unpaired) electrons. The van der Waals surface area contributed by atoms with Crippen molar-refractivity contribution in [2.24, 2.45) is 0 Å². The van der Waals surface area contributed by atoms with Crippen LogP contribution in [0, 0.1) is 0 Å². The Balaban J connectivity index is 1.09. The fraction of sp³-hybridized carbons (Fsp3) is 0. The molecule has 0 atom stereocenters. The molecule has 60 heavy (non-hydrogen) atoms. The van der Waals surface area contributed by atoms with Crippen molar-refractivity contribution >= 4 is 32.3 Å². The highest BCUT2D eigenvalue weighted by Crippen LogP contribution is 2.42. The number of hydrogen-bond donors (Lipinski definition) is 0. The van der Waals surface area contributed by atoms with Crippen LogP contribution in [-0.2, 0) is 0 Å². The van der Waals surface area contributed by atoms with Crippen molar-refractivity contribution in [3.63, 3.8) is 0 Å². The molecule has 11 rings (SSSR count). The third-order valence-electron chi connectivity index (χ3n) is 11.7. The molecule has 0 amide bonds. The van der Waals surface area contributed by atoms with Gasteiger partial charge in [0.05, 0.1) is 11.4 Å². The average Bonchev–Trinajstić information content (AvgIpc) is 3.34. The Bertz CT molecular complexity index is 3230. The number of fused-ring (bicyclic) bond motifs is 6. The molecule has 0 unspecified atom stereocenters. The maximum absolute atomic E-state index is 5.40. The highest BCUT2D eigenvalue weighted by Gasteiger charge is 2.18. The normalized spacial score (nSPS) is 11.3. The van der Waals surface area contributed by atoms with Crippen molar-refractivity contribution in [1.82, 2.24) is 9.97 Å². The Morgan fingerprint density at radius 3 is 1.12 bits per heavy atom. The molecule has 1 heterocycles. The van der Waals surface area contributed by atoms with E-state index in [2.05, 4.69) is 231 Å². The van der Waals surface area contributed by atoms with Crippen LogP contribution in [0.3, 0.4) is 0 Å². The van der Waals surface area contributed by atoms with Gasteiger partial charge in [-0.25, -0.2) is 9.97 Å². The molecule has 2 heteroatoms. The van der Waals surface area contributed by atoms with Gasteiger partial charge in [-0.1, -0.05) is 206 Å². The fourth-order valence-corrected chi connectivity index (χ4v) is 8.80. The van der Waals surface area contributed by atoms with Crippen molar-refractivity contribution in [2.75, 3.05) is 0 Å². The number of hydrogen-bond acceptors (Lipinski definition) is 2. The summed E-state index contributed by atoms with van der Waals surface area (Å²) in [4.78, 5) is 10.8. The van der Waals surface area contributed by atoms with Gasteiger partial charge in [0.15, 0.2) is 5.82 Å². The molecule has 10 aromatic carbocycles. The molecule has 11 aromatic rings. The smallest absolute Gasteiger partial charge is 0.161 e. The molecule has 0 aliphatic heterocycles. The van der Waals surface area contributed by atoms with Crippen LogP contribution in [0.25, 0.3) is 111 Å². The van der Waals surface area contributed by atoms with Crippen LogP contribution in [0.15, 0.2) is 231 Å². The molecule has 0 aliphatic carbocycles. The third-order valence-corrected chi connectivity index (χ3v) is 11.7. The summed E-state index contributed by atoms with van der Waals surface area (Å²) in [6.45, 7) is 0. The van der Waals surface area contributed by atoms with Gasteiger partial charge in [0.1, 0.15) is 0 Å². The van der Waals surface area contributed by atoms with E-state index in [0.29, 0.717) is 5.82 Å².